The highest BCUT2D eigenvalue weighted by Gasteiger charge is 2.31. The molecule has 0 N–H and O–H groups in total. The number of likely N-dealkylation sites (tertiary alicyclic amines) is 1. The van der Waals surface area contributed by atoms with Crippen molar-refractivity contribution in [3.63, 3.8) is 0 Å². The Labute approximate surface area is 161 Å². The lowest BCUT2D eigenvalue weighted by molar-refractivity contribution is -0.912. The predicted octanol–water partition coefficient (Wildman–Crippen LogP) is 5.26. The van der Waals surface area contributed by atoms with Gasteiger partial charge < -0.3 is 9.22 Å². The van der Waals surface area contributed by atoms with Gasteiger partial charge in [0, 0.05) is 5.02 Å². The minimum Gasteiger partial charge on any atom is -0.448 e. The first-order valence-electron chi connectivity index (χ1n) is 9.41. The summed E-state index contributed by atoms with van der Waals surface area (Å²) in [4.78, 5) is 12.7. The zero-order valence-electron chi connectivity index (χ0n) is 15.4. The van der Waals surface area contributed by atoms with E-state index in [0.717, 1.165) is 29.7 Å². The summed E-state index contributed by atoms with van der Waals surface area (Å²) in [6.45, 7) is 3.09. The van der Waals surface area contributed by atoms with Gasteiger partial charge >= 0.3 is 5.97 Å². The smallest absolute Gasteiger partial charge is 0.338 e. The molecule has 26 heavy (non-hydrogen) atoms. The molecule has 4 heteroatoms. The number of hydrogen-bond donors (Lipinski definition) is 0. The van der Waals surface area contributed by atoms with Crippen LogP contribution in [0.25, 0.3) is 0 Å². The molecule has 1 aliphatic heterocycles. The van der Waals surface area contributed by atoms with Gasteiger partial charge in [0.25, 0.3) is 0 Å². The molecule has 1 fully saturated rings. The largest absolute Gasteiger partial charge is 0.448 e. The second-order valence-corrected chi connectivity index (χ2v) is 7.91. The highest BCUT2D eigenvalue weighted by molar-refractivity contribution is 6.30. The summed E-state index contributed by atoms with van der Waals surface area (Å²) in [5.41, 5.74) is 1.59. The zero-order chi connectivity index (χ0) is 18.4. The van der Waals surface area contributed by atoms with Crippen molar-refractivity contribution in [1.82, 2.24) is 0 Å². The van der Waals surface area contributed by atoms with Crippen molar-refractivity contribution < 1.29 is 14.0 Å². The first-order valence-corrected chi connectivity index (χ1v) is 9.79. The van der Waals surface area contributed by atoms with Gasteiger partial charge in [-0.1, -0.05) is 41.9 Å². The van der Waals surface area contributed by atoms with Crippen LogP contribution in [-0.2, 0) is 4.74 Å². The van der Waals surface area contributed by atoms with Gasteiger partial charge in [0.1, 0.15) is 6.54 Å². The van der Waals surface area contributed by atoms with Crippen LogP contribution in [0.1, 0.15) is 47.7 Å². The molecule has 1 heterocycles. The van der Waals surface area contributed by atoms with Crippen LogP contribution in [0.5, 0.6) is 0 Å². The van der Waals surface area contributed by atoms with Crippen LogP contribution in [0.3, 0.4) is 0 Å². The summed E-state index contributed by atoms with van der Waals surface area (Å²) < 4.78 is 6.93. The normalized spacial score (nSPS) is 17.9. The van der Waals surface area contributed by atoms with Crippen molar-refractivity contribution in [2.45, 2.75) is 31.8 Å². The third-order valence-electron chi connectivity index (χ3n) is 5.25. The Kier molecular flexibility index (Phi) is 6.33. The van der Waals surface area contributed by atoms with Crippen LogP contribution in [0.15, 0.2) is 54.6 Å². The average Bonchev–Trinajstić information content (AvgIpc) is 2.87. The van der Waals surface area contributed by atoms with Crippen molar-refractivity contribution in [3.8, 4) is 0 Å². The van der Waals surface area contributed by atoms with Gasteiger partial charge in [0.15, 0.2) is 6.10 Å². The second kappa shape index (κ2) is 8.70. The molecule has 1 aliphatic rings. The summed E-state index contributed by atoms with van der Waals surface area (Å²) in [6, 6.07) is 17.0. The number of hydrogen-bond acceptors (Lipinski definition) is 2. The Morgan fingerprint density at radius 2 is 1.62 bits per heavy atom. The summed E-state index contributed by atoms with van der Waals surface area (Å²) >= 11 is 5.93. The maximum atomic E-state index is 12.7. The fourth-order valence-electron chi connectivity index (χ4n) is 3.70. The number of quaternary nitrogens is 1. The van der Waals surface area contributed by atoms with Gasteiger partial charge in [-0.05, 0) is 55.5 Å². The van der Waals surface area contributed by atoms with Crippen molar-refractivity contribution >= 4 is 17.6 Å². The molecule has 0 radical (unpaired) electrons. The molecule has 0 bridgehead atoms. The van der Waals surface area contributed by atoms with Crippen LogP contribution >= 0.6 is 11.6 Å². The van der Waals surface area contributed by atoms with E-state index in [4.69, 9.17) is 16.3 Å². The Morgan fingerprint density at radius 1 is 1.00 bits per heavy atom. The summed E-state index contributed by atoms with van der Waals surface area (Å²) in [7, 11) is 2.29. The van der Waals surface area contributed by atoms with Crippen molar-refractivity contribution in [2.24, 2.45) is 0 Å². The fraction of sp³-hybridized carbons (Fsp3) is 0.409. The van der Waals surface area contributed by atoms with E-state index in [1.165, 1.54) is 25.7 Å². The van der Waals surface area contributed by atoms with Crippen LogP contribution < -0.4 is 0 Å². The van der Waals surface area contributed by atoms with Crippen molar-refractivity contribution in [1.29, 1.82) is 0 Å². The SMILES string of the molecule is C[N+]1(CC(OC(=O)c2ccc(Cl)cc2)c2ccccc2)CCCCCC1. The van der Waals surface area contributed by atoms with Crippen molar-refractivity contribution in [2.75, 3.05) is 26.7 Å². The molecule has 0 aromatic heterocycles. The number of carbonyl (C=O) groups is 1. The third kappa shape index (κ3) is 5.09. The minimum absolute atomic E-state index is 0.248. The monoisotopic (exact) mass is 372 g/mol. The van der Waals surface area contributed by atoms with E-state index >= 15 is 0 Å². The van der Waals surface area contributed by atoms with E-state index in [1.54, 1.807) is 24.3 Å². The molecule has 3 nitrogen and oxygen atoms in total. The highest BCUT2D eigenvalue weighted by atomic mass is 35.5. The van der Waals surface area contributed by atoms with Crippen LogP contribution in [0.2, 0.25) is 5.02 Å². The maximum absolute atomic E-state index is 12.7. The number of ether oxygens (including phenoxy) is 1. The molecule has 0 amide bonds. The molecule has 2 aromatic rings. The quantitative estimate of drug-likeness (QED) is 0.528. The Bertz CT molecular complexity index is 707. The number of likely N-dealkylation sites (N-methyl/N-ethyl adjacent to an activating group) is 1. The topological polar surface area (TPSA) is 26.3 Å². The summed E-state index contributed by atoms with van der Waals surface area (Å²) in [5, 5.41) is 0.615. The maximum Gasteiger partial charge on any atom is 0.338 e. The number of benzene rings is 2. The molecule has 3 rings (SSSR count). The first kappa shape index (κ1) is 18.9. The third-order valence-corrected chi connectivity index (χ3v) is 5.51. The van der Waals surface area contributed by atoms with Gasteiger partial charge in [-0.2, -0.15) is 0 Å². The van der Waals surface area contributed by atoms with Crippen molar-refractivity contribution in [3.05, 3.63) is 70.7 Å². The van der Waals surface area contributed by atoms with E-state index in [0.29, 0.717) is 10.6 Å². The zero-order valence-corrected chi connectivity index (χ0v) is 16.1. The first-order chi connectivity index (χ1) is 12.6. The molecule has 0 aliphatic carbocycles. The lowest BCUT2D eigenvalue weighted by atomic mass is 10.1. The lowest BCUT2D eigenvalue weighted by Crippen LogP contribution is -2.48. The number of carbonyl (C=O) groups excluding carboxylic acids is 1. The number of halogens is 1. The Balaban J connectivity index is 1.79. The van der Waals surface area contributed by atoms with Crippen LogP contribution in [0, 0.1) is 0 Å². The lowest BCUT2D eigenvalue weighted by Gasteiger charge is -2.36. The molecule has 138 valence electrons. The molecular formula is C22H27ClNO2+. The average molecular weight is 373 g/mol. The number of rotatable bonds is 5. The van der Waals surface area contributed by atoms with E-state index in [-0.39, 0.29) is 12.1 Å². The van der Waals surface area contributed by atoms with E-state index < -0.39 is 0 Å². The summed E-state index contributed by atoms with van der Waals surface area (Å²) in [6.07, 6.45) is 4.83. The number of nitrogens with zero attached hydrogens (tertiary/aromatic N) is 1. The Morgan fingerprint density at radius 3 is 2.23 bits per heavy atom. The standard InChI is InChI=1S/C22H27ClNO2/c1-24(15-7-2-3-8-16-24)17-21(18-9-5-4-6-10-18)26-22(25)19-11-13-20(23)14-12-19/h4-6,9-14,21H,2-3,7-8,15-17H2,1H3/q+1. The fourth-order valence-corrected chi connectivity index (χ4v) is 3.82. The molecule has 1 unspecified atom stereocenters. The molecule has 2 aromatic carbocycles. The second-order valence-electron chi connectivity index (χ2n) is 7.48. The molecule has 1 atom stereocenters. The molecule has 0 saturated carbocycles. The van der Waals surface area contributed by atoms with Crippen LogP contribution in [0.4, 0.5) is 0 Å². The van der Waals surface area contributed by atoms with E-state index in [1.807, 2.05) is 30.3 Å². The molecular weight excluding hydrogens is 346 g/mol. The van der Waals surface area contributed by atoms with Gasteiger partial charge in [-0.3, -0.25) is 0 Å². The van der Waals surface area contributed by atoms with Gasteiger partial charge in [-0.25, -0.2) is 4.79 Å². The van der Waals surface area contributed by atoms with E-state index in [2.05, 4.69) is 7.05 Å². The van der Waals surface area contributed by atoms with Gasteiger partial charge in [0.05, 0.1) is 25.7 Å². The minimum atomic E-state index is -0.294. The van der Waals surface area contributed by atoms with Gasteiger partial charge in [-0.15, -0.1) is 0 Å². The number of esters is 1. The molecule has 1 saturated heterocycles. The van der Waals surface area contributed by atoms with Crippen LogP contribution in [-0.4, -0.2) is 37.1 Å². The molecule has 0 spiro atoms. The Hall–Kier alpha value is -1.84. The highest BCUT2D eigenvalue weighted by Crippen LogP contribution is 2.26. The van der Waals surface area contributed by atoms with E-state index in [9.17, 15) is 4.79 Å². The predicted molar refractivity (Wildman–Crippen MR) is 105 cm³/mol. The summed E-state index contributed by atoms with van der Waals surface area (Å²) in [5.74, 6) is -0.294. The van der Waals surface area contributed by atoms with Gasteiger partial charge in [0.2, 0.25) is 0 Å².